The first kappa shape index (κ1) is 21.7. The summed E-state index contributed by atoms with van der Waals surface area (Å²) in [5, 5.41) is 2.83. The van der Waals surface area contributed by atoms with E-state index in [-0.39, 0.29) is 6.04 Å². The van der Waals surface area contributed by atoms with Crippen molar-refractivity contribution in [1.82, 2.24) is 5.32 Å². The number of amides is 1. The highest BCUT2D eigenvalue weighted by Crippen LogP contribution is 2.13. The first-order chi connectivity index (χ1) is 11.9. The number of carbonyl (C=O) groups is 2. The predicted octanol–water partition coefficient (Wildman–Crippen LogP) is 4.41. The maximum absolute atomic E-state index is 12.2. The summed E-state index contributed by atoms with van der Waals surface area (Å²) in [6.07, 6.45) is 1.73. The van der Waals surface area contributed by atoms with Crippen molar-refractivity contribution in [3.05, 3.63) is 47.5 Å². The van der Waals surface area contributed by atoms with E-state index >= 15 is 0 Å². The van der Waals surface area contributed by atoms with Gasteiger partial charge >= 0.3 is 12.1 Å². The van der Waals surface area contributed by atoms with Gasteiger partial charge in [-0.2, -0.15) is 0 Å². The van der Waals surface area contributed by atoms with Gasteiger partial charge in [-0.05, 0) is 60.5 Å². The molecule has 1 atom stereocenters. The molecule has 0 spiro atoms. The Bertz CT molecular complexity index is 636. The van der Waals surface area contributed by atoms with Gasteiger partial charge in [-0.25, -0.2) is 9.59 Å². The van der Waals surface area contributed by atoms with Crippen LogP contribution in [0.15, 0.2) is 42.0 Å². The zero-order valence-electron chi connectivity index (χ0n) is 16.9. The molecular weight excluding hydrogens is 330 g/mol. The molecule has 0 aliphatic carbocycles. The standard InChI is InChI=1S/C21H31NO4/c1-15(18(23)25-20(2,3)4)13-17(14-16-11-9-8-10-12-16)22-19(24)26-21(5,6)7/h8-13,17H,14H2,1-7H3,(H,22,24). The molecule has 0 fully saturated rings. The maximum Gasteiger partial charge on any atom is 0.408 e. The Labute approximate surface area is 156 Å². The van der Waals surface area contributed by atoms with Crippen LogP contribution in [-0.2, 0) is 20.7 Å². The van der Waals surface area contributed by atoms with Crippen LogP contribution in [0.25, 0.3) is 0 Å². The molecule has 26 heavy (non-hydrogen) atoms. The Morgan fingerprint density at radius 1 is 1.00 bits per heavy atom. The molecule has 0 saturated heterocycles. The third-order valence-corrected chi connectivity index (χ3v) is 3.17. The van der Waals surface area contributed by atoms with E-state index in [1.165, 1.54) is 0 Å². The molecule has 0 saturated carbocycles. The van der Waals surface area contributed by atoms with Gasteiger partial charge in [0.2, 0.25) is 0 Å². The van der Waals surface area contributed by atoms with Gasteiger partial charge < -0.3 is 14.8 Å². The highest BCUT2D eigenvalue weighted by atomic mass is 16.6. The van der Waals surface area contributed by atoms with Crippen LogP contribution in [0.2, 0.25) is 0 Å². The SMILES string of the molecule is CC(=CC(Cc1ccccc1)NC(=O)OC(C)(C)C)C(=O)OC(C)(C)C. The highest BCUT2D eigenvalue weighted by molar-refractivity contribution is 5.88. The fourth-order valence-electron chi connectivity index (χ4n) is 2.21. The van der Waals surface area contributed by atoms with E-state index in [1.807, 2.05) is 51.1 Å². The highest BCUT2D eigenvalue weighted by Gasteiger charge is 2.21. The quantitative estimate of drug-likeness (QED) is 0.623. The van der Waals surface area contributed by atoms with Crippen molar-refractivity contribution in [3.8, 4) is 0 Å². The van der Waals surface area contributed by atoms with Crippen molar-refractivity contribution in [2.45, 2.75) is 72.1 Å². The fraction of sp³-hybridized carbons (Fsp3) is 0.524. The lowest BCUT2D eigenvalue weighted by molar-refractivity contribution is -0.149. The molecule has 1 aromatic carbocycles. The van der Waals surface area contributed by atoms with Crippen LogP contribution >= 0.6 is 0 Å². The second kappa shape index (κ2) is 8.88. The van der Waals surface area contributed by atoms with Crippen LogP contribution in [0.3, 0.4) is 0 Å². The normalized spacial score (nSPS) is 13.7. The van der Waals surface area contributed by atoms with E-state index in [9.17, 15) is 9.59 Å². The summed E-state index contributed by atoms with van der Waals surface area (Å²) >= 11 is 0. The van der Waals surface area contributed by atoms with Crippen molar-refractivity contribution in [1.29, 1.82) is 0 Å². The number of hydrogen-bond acceptors (Lipinski definition) is 4. The molecule has 0 aliphatic rings. The summed E-state index contributed by atoms with van der Waals surface area (Å²) in [6.45, 7) is 12.6. The van der Waals surface area contributed by atoms with Crippen LogP contribution in [0, 0.1) is 0 Å². The average molecular weight is 361 g/mol. The topological polar surface area (TPSA) is 64.6 Å². The molecule has 1 N–H and O–H groups in total. The van der Waals surface area contributed by atoms with Crippen LogP contribution < -0.4 is 5.32 Å². The first-order valence-electron chi connectivity index (χ1n) is 8.81. The molecule has 144 valence electrons. The molecule has 0 aliphatic heterocycles. The molecule has 0 radical (unpaired) electrons. The minimum atomic E-state index is -0.592. The van der Waals surface area contributed by atoms with Gasteiger partial charge in [-0.15, -0.1) is 0 Å². The van der Waals surface area contributed by atoms with Gasteiger partial charge in [-0.1, -0.05) is 36.4 Å². The third-order valence-electron chi connectivity index (χ3n) is 3.17. The molecule has 1 rings (SSSR count). The smallest absolute Gasteiger partial charge is 0.408 e. The van der Waals surface area contributed by atoms with E-state index in [1.54, 1.807) is 33.8 Å². The zero-order valence-corrected chi connectivity index (χ0v) is 16.9. The van der Waals surface area contributed by atoms with E-state index < -0.39 is 23.3 Å². The van der Waals surface area contributed by atoms with Gasteiger partial charge in [0.15, 0.2) is 0 Å². The zero-order chi connectivity index (χ0) is 20.0. The van der Waals surface area contributed by atoms with Crippen molar-refractivity contribution >= 4 is 12.1 Å². The van der Waals surface area contributed by atoms with Crippen LogP contribution in [-0.4, -0.2) is 29.3 Å². The molecule has 0 bridgehead atoms. The number of esters is 1. The molecule has 1 amide bonds. The number of alkyl carbamates (subject to hydrolysis) is 1. The van der Waals surface area contributed by atoms with Crippen molar-refractivity contribution in [2.24, 2.45) is 0 Å². The molecular formula is C21H31NO4. The minimum Gasteiger partial charge on any atom is -0.457 e. The van der Waals surface area contributed by atoms with E-state index in [4.69, 9.17) is 9.47 Å². The Hall–Kier alpha value is -2.30. The molecule has 5 heteroatoms. The van der Waals surface area contributed by atoms with Crippen molar-refractivity contribution < 1.29 is 19.1 Å². The number of rotatable bonds is 5. The second-order valence-corrected chi connectivity index (χ2v) is 8.29. The fourth-order valence-corrected chi connectivity index (χ4v) is 2.21. The van der Waals surface area contributed by atoms with Gasteiger partial charge in [0.25, 0.3) is 0 Å². The molecule has 0 heterocycles. The van der Waals surface area contributed by atoms with E-state index in [0.29, 0.717) is 12.0 Å². The summed E-state index contributed by atoms with van der Waals surface area (Å²) in [7, 11) is 0. The first-order valence-corrected chi connectivity index (χ1v) is 8.81. The Balaban J connectivity index is 2.94. The van der Waals surface area contributed by atoms with Gasteiger partial charge in [0.05, 0.1) is 6.04 Å². The lowest BCUT2D eigenvalue weighted by Gasteiger charge is -2.23. The predicted molar refractivity (Wildman–Crippen MR) is 103 cm³/mol. The molecule has 0 aromatic heterocycles. The van der Waals surface area contributed by atoms with Crippen molar-refractivity contribution in [2.75, 3.05) is 0 Å². The molecule has 1 unspecified atom stereocenters. The Morgan fingerprint density at radius 2 is 1.54 bits per heavy atom. The van der Waals surface area contributed by atoms with Gasteiger partial charge in [0.1, 0.15) is 11.2 Å². The summed E-state index contributed by atoms with van der Waals surface area (Å²) in [6, 6.07) is 9.36. The van der Waals surface area contributed by atoms with Crippen LogP contribution in [0.5, 0.6) is 0 Å². The van der Waals surface area contributed by atoms with E-state index in [0.717, 1.165) is 5.56 Å². The summed E-state index contributed by atoms with van der Waals surface area (Å²) < 4.78 is 10.7. The van der Waals surface area contributed by atoms with Crippen LogP contribution in [0.1, 0.15) is 54.0 Å². The number of nitrogens with one attached hydrogen (secondary N) is 1. The summed E-state index contributed by atoms with van der Waals surface area (Å²) in [5.74, 6) is -0.401. The Morgan fingerprint density at radius 3 is 2.04 bits per heavy atom. The average Bonchev–Trinajstić information content (AvgIpc) is 2.44. The number of carbonyl (C=O) groups excluding carboxylic acids is 2. The minimum absolute atomic E-state index is 0.389. The number of ether oxygens (including phenoxy) is 2. The van der Waals surface area contributed by atoms with Gasteiger partial charge in [0, 0.05) is 5.57 Å². The number of hydrogen-bond donors (Lipinski definition) is 1. The third kappa shape index (κ3) is 9.25. The molecule has 5 nitrogen and oxygen atoms in total. The Kier molecular flexibility index (Phi) is 7.42. The van der Waals surface area contributed by atoms with Crippen LogP contribution in [0.4, 0.5) is 4.79 Å². The molecule has 1 aromatic rings. The monoisotopic (exact) mass is 361 g/mol. The maximum atomic E-state index is 12.2. The summed E-state index contributed by atoms with van der Waals surface area (Å²) in [4.78, 5) is 24.4. The summed E-state index contributed by atoms with van der Waals surface area (Å²) in [5.41, 5.74) is 0.323. The lowest BCUT2D eigenvalue weighted by atomic mass is 10.0. The van der Waals surface area contributed by atoms with E-state index in [2.05, 4.69) is 5.32 Å². The number of benzene rings is 1. The lowest BCUT2D eigenvalue weighted by Crippen LogP contribution is -2.39. The van der Waals surface area contributed by atoms with Gasteiger partial charge in [-0.3, -0.25) is 0 Å². The second-order valence-electron chi connectivity index (χ2n) is 8.29. The largest absolute Gasteiger partial charge is 0.457 e. The van der Waals surface area contributed by atoms with Crippen molar-refractivity contribution in [3.63, 3.8) is 0 Å².